The van der Waals surface area contributed by atoms with Gasteiger partial charge in [-0.1, -0.05) is 23.9 Å². The van der Waals surface area contributed by atoms with Crippen LogP contribution in [0.5, 0.6) is 0 Å². The summed E-state index contributed by atoms with van der Waals surface area (Å²) in [5.41, 5.74) is 5.86. The summed E-state index contributed by atoms with van der Waals surface area (Å²) < 4.78 is 0. The number of nitrogens with zero attached hydrogens (tertiary/aromatic N) is 2. The van der Waals surface area contributed by atoms with E-state index in [2.05, 4.69) is 16.4 Å². The van der Waals surface area contributed by atoms with Crippen molar-refractivity contribution in [3.63, 3.8) is 0 Å². The predicted molar refractivity (Wildman–Crippen MR) is 101 cm³/mol. The molecule has 0 aliphatic heterocycles. The van der Waals surface area contributed by atoms with Gasteiger partial charge in [0.25, 0.3) is 0 Å². The first kappa shape index (κ1) is 17.5. The molecule has 0 fully saturated rings. The largest absolute Gasteiger partial charge is 0.325 e. The van der Waals surface area contributed by atoms with E-state index in [-0.39, 0.29) is 11.2 Å². The molecular formula is C20H21N3OS. The Morgan fingerprint density at radius 3 is 2.92 bits per heavy atom. The van der Waals surface area contributed by atoms with Crippen LogP contribution in [0.15, 0.2) is 29.3 Å². The zero-order valence-electron chi connectivity index (χ0n) is 14.7. The van der Waals surface area contributed by atoms with Crippen LogP contribution in [-0.2, 0) is 17.6 Å². The van der Waals surface area contributed by atoms with Gasteiger partial charge in [0.15, 0.2) is 0 Å². The Hall–Kier alpha value is -2.32. The maximum absolute atomic E-state index is 12.6. The average Bonchev–Trinajstić information content (AvgIpc) is 3.05. The second kappa shape index (κ2) is 7.28. The summed E-state index contributed by atoms with van der Waals surface area (Å²) >= 11 is 1.35. The third-order valence-electron chi connectivity index (χ3n) is 4.66. The molecular weight excluding hydrogens is 330 g/mol. The number of nitrogens with one attached hydrogen (secondary N) is 1. The quantitative estimate of drug-likeness (QED) is 0.839. The molecule has 0 spiro atoms. The first-order chi connectivity index (χ1) is 12.0. The van der Waals surface area contributed by atoms with E-state index >= 15 is 0 Å². The van der Waals surface area contributed by atoms with Gasteiger partial charge in [-0.3, -0.25) is 4.79 Å². The third-order valence-corrected chi connectivity index (χ3v) is 5.76. The van der Waals surface area contributed by atoms with Gasteiger partial charge in [-0.2, -0.15) is 5.26 Å². The molecule has 1 atom stereocenters. The summed E-state index contributed by atoms with van der Waals surface area (Å²) in [5.74, 6) is -0.0788. The number of aromatic nitrogens is 1. The zero-order chi connectivity index (χ0) is 18.0. The smallest absolute Gasteiger partial charge is 0.237 e. The molecule has 25 heavy (non-hydrogen) atoms. The maximum atomic E-state index is 12.6. The lowest BCUT2D eigenvalue weighted by Gasteiger charge is -2.15. The van der Waals surface area contributed by atoms with E-state index < -0.39 is 0 Å². The molecule has 3 rings (SSSR count). The van der Waals surface area contributed by atoms with Gasteiger partial charge in [-0.05, 0) is 68.9 Å². The minimum absolute atomic E-state index is 0.0788. The van der Waals surface area contributed by atoms with E-state index in [0.29, 0.717) is 10.6 Å². The van der Waals surface area contributed by atoms with Crippen LogP contribution in [0, 0.1) is 25.2 Å². The first-order valence-corrected chi connectivity index (χ1v) is 9.34. The number of carbonyl (C=O) groups is 1. The monoisotopic (exact) mass is 351 g/mol. The summed E-state index contributed by atoms with van der Waals surface area (Å²) in [6, 6.07) is 10.0. The molecule has 2 aromatic rings. The Morgan fingerprint density at radius 2 is 2.16 bits per heavy atom. The van der Waals surface area contributed by atoms with Gasteiger partial charge in [-0.25, -0.2) is 4.98 Å². The van der Waals surface area contributed by atoms with Crippen LogP contribution < -0.4 is 5.32 Å². The van der Waals surface area contributed by atoms with Gasteiger partial charge in [-0.15, -0.1) is 0 Å². The number of fused-ring (bicyclic) bond motifs is 1. The van der Waals surface area contributed by atoms with E-state index in [9.17, 15) is 10.1 Å². The number of thioether (sulfide) groups is 1. The number of hydrogen-bond donors (Lipinski definition) is 1. The number of aryl methyl sites for hydroxylation is 3. The molecule has 128 valence electrons. The van der Waals surface area contributed by atoms with Crippen LogP contribution in [-0.4, -0.2) is 16.1 Å². The van der Waals surface area contributed by atoms with Gasteiger partial charge in [0.1, 0.15) is 11.1 Å². The Labute approximate surface area is 152 Å². The lowest BCUT2D eigenvalue weighted by molar-refractivity contribution is -0.115. The second-order valence-corrected chi connectivity index (χ2v) is 7.74. The van der Waals surface area contributed by atoms with E-state index in [1.165, 1.54) is 17.3 Å². The minimum atomic E-state index is -0.334. The molecule has 1 aliphatic carbocycles. The predicted octanol–water partition coefficient (Wildman–Crippen LogP) is 4.18. The molecule has 1 heterocycles. The second-order valence-electron chi connectivity index (χ2n) is 6.41. The van der Waals surface area contributed by atoms with Crippen molar-refractivity contribution >= 4 is 23.4 Å². The molecule has 1 aromatic heterocycles. The zero-order valence-corrected chi connectivity index (χ0v) is 15.5. The Bertz CT molecular complexity index is 870. The highest BCUT2D eigenvalue weighted by Gasteiger charge is 2.21. The van der Waals surface area contributed by atoms with Crippen molar-refractivity contribution in [2.75, 3.05) is 5.32 Å². The van der Waals surface area contributed by atoms with Crippen molar-refractivity contribution in [3.8, 4) is 6.07 Å². The Kier molecular flexibility index (Phi) is 5.10. The fourth-order valence-electron chi connectivity index (χ4n) is 2.96. The van der Waals surface area contributed by atoms with Crippen LogP contribution in [0.25, 0.3) is 0 Å². The molecule has 1 aromatic carbocycles. The number of hydrogen-bond acceptors (Lipinski definition) is 4. The van der Waals surface area contributed by atoms with E-state index in [1.807, 2.05) is 45.0 Å². The summed E-state index contributed by atoms with van der Waals surface area (Å²) in [6.07, 6.45) is 3.03. The minimum Gasteiger partial charge on any atom is -0.325 e. The first-order valence-electron chi connectivity index (χ1n) is 8.46. The van der Waals surface area contributed by atoms with Gasteiger partial charge in [0, 0.05) is 11.4 Å². The highest BCUT2D eigenvalue weighted by molar-refractivity contribution is 8.00. The molecule has 4 nitrogen and oxygen atoms in total. The van der Waals surface area contributed by atoms with Crippen molar-refractivity contribution in [3.05, 3.63) is 52.2 Å². The normalized spacial score (nSPS) is 13.8. The Balaban J connectivity index is 1.76. The highest BCUT2D eigenvalue weighted by atomic mass is 32.2. The van der Waals surface area contributed by atoms with Gasteiger partial charge < -0.3 is 5.32 Å². The van der Waals surface area contributed by atoms with Crippen LogP contribution in [0.1, 0.15) is 41.3 Å². The van der Waals surface area contributed by atoms with Crippen molar-refractivity contribution in [1.29, 1.82) is 5.26 Å². The number of amides is 1. The fourth-order valence-corrected chi connectivity index (χ4v) is 3.86. The number of rotatable bonds is 4. The molecule has 0 saturated heterocycles. The van der Waals surface area contributed by atoms with E-state index in [4.69, 9.17) is 0 Å². The average molecular weight is 351 g/mol. The molecule has 0 radical (unpaired) electrons. The topological polar surface area (TPSA) is 65.8 Å². The SMILES string of the molecule is Cc1cccc(NC(=O)C(C)Sc2nc3c(cc2C#N)CCC3)c1C. The maximum Gasteiger partial charge on any atom is 0.237 e. The number of anilines is 1. The molecule has 5 heteroatoms. The van der Waals surface area contributed by atoms with Crippen LogP contribution in [0.4, 0.5) is 5.69 Å². The highest BCUT2D eigenvalue weighted by Crippen LogP contribution is 2.30. The summed E-state index contributed by atoms with van der Waals surface area (Å²) in [4.78, 5) is 17.2. The molecule has 1 N–H and O–H groups in total. The van der Waals surface area contributed by atoms with E-state index in [1.54, 1.807) is 0 Å². The lowest BCUT2D eigenvalue weighted by Crippen LogP contribution is -2.23. The summed E-state index contributed by atoms with van der Waals surface area (Å²) in [6.45, 7) is 5.87. The van der Waals surface area contributed by atoms with Crippen molar-refractivity contribution in [2.45, 2.75) is 50.3 Å². The van der Waals surface area contributed by atoms with Gasteiger partial charge in [0.2, 0.25) is 5.91 Å². The molecule has 1 aliphatic rings. The molecule has 1 unspecified atom stereocenters. The molecule has 0 saturated carbocycles. The van der Waals surface area contributed by atoms with E-state index in [0.717, 1.165) is 41.8 Å². The van der Waals surface area contributed by atoms with Crippen LogP contribution in [0.2, 0.25) is 0 Å². The van der Waals surface area contributed by atoms with Crippen molar-refractivity contribution in [2.24, 2.45) is 0 Å². The third kappa shape index (κ3) is 3.69. The van der Waals surface area contributed by atoms with Crippen LogP contribution in [0.3, 0.4) is 0 Å². The molecule has 0 bridgehead atoms. The van der Waals surface area contributed by atoms with Crippen LogP contribution >= 0.6 is 11.8 Å². The summed E-state index contributed by atoms with van der Waals surface area (Å²) in [5, 5.41) is 12.7. The number of pyridine rings is 1. The number of nitriles is 1. The Morgan fingerprint density at radius 1 is 1.36 bits per heavy atom. The lowest BCUT2D eigenvalue weighted by atomic mass is 10.1. The molecule has 1 amide bonds. The van der Waals surface area contributed by atoms with Gasteiger partial charge in [0.05, 0.1) is 10.8 Å². The van der Waals surface area contributed by atoms with Crippen molar-refractivity contribution in [1.82, 2.24) is 4.98 Å². The standard InChI is InChI=1S/C20H21N3OS/c1-12-6-4-8-17(13(12)2)22-19(24)14(3)25-20-16(11-21)10-15-7-5-9-18(15)23-20/h4,6,8,10,14H,5,7,9H2,1-3H3,(H,22,24). The summed E-state index contributed by atoms with van der Waals surface area (Å²) in [7, 11) is 0. The van der Waals surface area contributed by atoms with Gasteiger partial charge >= 0.3 is 0 Å². The number of benzene rings is 1. The van der Waals surface area contributed by atoms with Crippen molar-refractivity contribution < 1.29 is 4.79 Å². The number of carbonyl (C=O) groups excluding carboxylic acids is 1. The fraction of sp³-hybridized carbons (Fsp3) is 0.350.